The Morgan fingerprint density at radius 2 is 2.18 bits per heavy atom. The number of nitrogens with two attached hydrogens (primary N) is 1. The Labute approximate surface area is 114 Å². The van der Waals surface area contributed by atoms with Crippen molar-refractivity contribution < 1.29 is 0 Å². The lowest BCUT2D eigenvalue weighted by atomic mass is 10.0. The number of halogens is 2. The number of nitrogens with zero attached hydrogens (tertiary/aromatic N) is 1. The standard InChI is InChI=1S/C13H12BrClN2/c14-11-4-3-10(7-12(11)15)13(16)6-9-2-1-5-17-8-9/h1-5,7-8,13H,6,16H2. The third-order valence-corrected chi connectivity index (χ3v) is 3.78. The van der Waals surface area contributed by atoms with E-state index < -0.39 is 0 Å². The van der Waals surface area contributed by atoms with Gasteiger partial charge in [-0.05, 0) is 51.7 Å². The van der Waals surface area contributed by atoms with Gasteiger partial charge in [0.25, 0.3) is 0 Å². The highest BCUT2D eigenvalue weighted by molar-refractivity contribution is 9.10. The van der Waals surface area contributed by atoms with Crippen molar-refractivity contribution in [2.24, 2.45) is 5.73 Å². The fourth-order valence-corrected chi connectivity index (χ4v) is 2.07. The van der Waals surface area contributed by atoms with Crippen LogP contribution in [-0.4, -0.2) is 4.98 Å². The first kappa shape index (κ1) is 12.6. The number of hydrogen-bond acceptors (Lipinski definition) is 2. The molecule has 0 fully saturated rings. The Morgan fingerprint density at radius 3 is 2.82 bits per heavy atom. The summed E-state index contributed by atoms with van der Waals surface area (Å²) >= 11 is 9.41. The minimum Gasteiger partial charge on any atom is -0.324 e. The van der Waals surface area contributed by atoms with Gasteiger partial charge in [-0.15, -0.1) is 0 Å². The number of hydrogen-bond donors (Lipinski definition) is 1. The summed E-state index contributed by atoms with van der Waals surface area (Å²) in [5.41, 5.74) is 8.30. The lowest BCUT2D eigenvalue weighted by Crippen LogP contribution is -2.13. The van der Waals surface area contributed by atoms with E-state index in [0.717, 1.165) is 22.0 Å². The van der Waals surface area contributed by atoms with Crippen LogP contribution in [0.3, 0.4) is 0 Å². The Morgan fingerprint density at radius 1 is 1.35 bits per heavy atom. The van der Waals surface area contributed by atoms with Gasteiger partial charge in [-0.25, -0.2) is 0 Å². The molecule has 0 radical (unpaired) electrons. The molecule has 17 heavy (non-hydrogen) atoms. The average molecular weight is 312 g/mol. The third kappa shape index (κ3) is 3.28. The van der Waals surface area contributed by atoms with Crippen molar-refractivity contribution in [3.8, 4) is 0 Å². The van der Waals surface area contributed by atoms with Gasteiger partial charge < -0.3 is 5.73 Å². The highest BCUT2D eigenvalue weighted by atomic mass is 79.9. The highest BCUT2D eigenvalue weighted by Gasteiger charge is 2.08. The zero-order valence-electron chi connectivity index (χ0n) is 9.11. The second-order valence-corrected chi connectivity index (χ2v) is 5.11. The first-order valence-electron chi connectivity index (χ1n) is 5.26. The first-order chi connectivity index (χ1) is 8.16. The minimum atomic E-state index is -0.0650. The predicted molar refractivity (Wildman–Crippen MR) is 74.0 cm³/mol. The quantitative estimate of drug-likeness (QED) is 0.938. The van der Waals surface area contributed by atoms with Crippen LogP contribution in [-0.2, 0) is 6.42 Å². The van der Waals surface area contributed by atoms with Crippen LogP contribution in [0.2, 0.25) is 5.02 Å². The van der Waals surface area contributed by atoms with Crippen LogP contribution < -0.4 is 5.73 Å². The van der Waals surface area contributed by atoms with Crippen molar-refractivity contribution in [1.29, 1.82) is 0 Å². The smallest absolute Gasteiger partial charge is 0.0551 e. The average Bonchev–Trinajstić information content (AvgIpc) is 2.34. The molecule has 0 aliphatic heterocycles. The second-order valence-electron chi connectivity index (χ2n) is 3.85. The summed E-state index contributed by atoms with van der Waals surface area (Å²) in [6, 6.07) is 9.67. The molecule has 0 spiro atoms. The Kier molecular flexibility index (Phi) is 4.15. The number of aromatic nitrogens is 1. The SMILES string of the molecule is NC(Cc1cccnc1)c1ccc(Br)c(Cl)c1. The van der Waals surface area contributed by atoms with Gasteiger partial charge >= 0.3 is 0 Å². The van der Waals surface area contributed by atoms with Crippen LogP contribution in [0.25, 0.3) is 0 Å². The van der Waals surface area contributed by atoms with E-state index in [0.29, 0.717) is 5.02 Å². The topological polar surface area (TPSA) is 38.9 Å². The maximum atomic E-state index is 6.14. The number of pyridine rings is 1. The van der Waals surface area contributed by atoms with Gasteiger partial charge in [0, 0.05) is 22.9 Å². The van der Waals surface area contributed by atoms with E-state index in [1.54, 1.807) is 6.20 Å². The Balaban J connectivity index is 2.14. The first-order valence-corrected chi connectivity index (χ1v) is 6.43. The third-order valence-electron chi connectivity index (χ3n) is 2.55. The summed E-state index contributed by atoms with van der Waals surface area (Å²) in [6.07, 6.45) is 4.34. The zero-order valence-corrected chi connectivity index (χ0v) is 11.4. The molecular weight excluding hydrogens is 300 g/mol. The predicted octanol–water partition coefficient (Wildman–Crippen LogP) is 3.74. The van der Waals surface area contributed by atoms with Gasteiger partial charge in [0.05, 0.1) is 5.02 Å². The molecule has 1 aromatic carbocycles. The van der Waals surface area contributed by atoms with Crippen molar-refractivity contribution in [3.05, 3.63) is 63.3 Å². The van der Waals surface area contributed by atoms with Crippen molar-refractivity contribution >= 4 is 27.5 Å². The summed E-state index contributed by atoms with van der Waals surface area (Å²) in [7, 11) is 0. The van der Waals surface area contributed by atoms with Crippen molar-refractivity contribution in [1.82, 2.24) is 4.98 Å². The molecule has 2 nitrogen and oxygen atoms in total. The molecule has 1 unspecified atom stereocenters. The van der Waals surface area contributed by atoms with E-state index in [4.69, 9.17) is 17.3 Å². The molecule has 1 heterocycles. The van der Waals surface area contributed by atoms with Crippen LogP contribution in [0.1, 0.15) is 17.2 Å². The Hall–Kier alpha value is -0.900. The zero-order chi connectivity index (χ0) is 12.3. The lowest BCUT2D eigenvalue weighted by Gasteiger charge is -2.12. The lowest BCUT2D eigenvalue weighted by molar-refractivity contribution is 0.719. The van der Waals surface area contributed by atoms with E-state index in [9.17, 15) is 0 Å². The summed E-state index contributed by atoms with van der Waals surface area (Å²) in [4.78, 5) is 4.07. The summed E-state index contributed by atoms with van der Waals surface area (Å²) < 4.78 is 0.886. The largest absolute Gasteiger partial charge is 0.324 e. The molecular formula is C13H12BrClN2. The molecule has 1 aromatic heterocycles. The molecule has 0 saturated carbocycles. The molecule has 2 aromatic rings. The van der Waals surface area contributed by atoms with E-state index in [2.05, 4.69) is 20.9 Å². The van der Waals surface area contributed by atoms with Gasteiger partial charge in [-0.1, -0.05) is 23.7 Å². The molecule has 0 bridgehead atoms. The summed E-state index contributed by atoms with van der Waals surface area (Å²) in [5.74, 6) is 0. The molecule has 2 rings (SSSR count). The van der Waals surface area contributed by atoms with Crippen LogP contribution in [0.5, 0.6) is 0 Å². The van der Waals surface area contributed by atoms with Crippen LogP contribution >= 0.6 is 27.5 Å². The second kappa shape index (κ2) is 5.63. The molecule has 0 amide bonds. The van der Waals surface area contributed by atoms with Gasteiger partial charge in [-0.2, -0.15) is 0 Å². The van der Waals surface area contributed by atoms with Crippen LogP contribution in [0.15, 0.2) is 47.2 Å². The molecule has 4 heteroatoms. The number of rotatable bonds is 3. The highest BCUT2D eigenvalue weighted by Crippen LogP contribution is 2.26. The molecule has 2 N–H and O–H groups in total. The van der Waals surface area contributed by atoms with Crippen LogP contribution in [0.4, 0.5) is 0 Å². The van der Waals surface area contributed by atoms with E-state index in [-0.39, 0.29) is 6.04 Å². The van der Waals surface area contributed by atoms with Crippen molar-refractivity contribution in [2.45, 2.75) is 12.5 Å². The fraction of sp³-hybridized carbons (Fsp3) is 0.154. The maximum absolute atomic E-state index is 6.14. The number of benzene rings is 1. The van der Waals surface area contributed by atoms with Crippen molar-refractivity contribution in [3.63, 3.8) is 0 Å². The normalized spacial score (nSPS) is 12.4. The van der Waals surface area contributed by atoms with E-state index in [1.807, 2.05) is 36.5 Å². The van der Waals surface area contributed by atoms with Crippen molar-refractivity contribution in [2.75, 3.05) is 0 Å². The molecule has 88 valence electrons. The van der Waals surface area contributed by atoms with E-state index >= 15 is 0 Å². The van der Waals surface area contributed by atoms with Crippen LogP contribution in [0, 0.1) is 0 Å². The molecule has 0 saturated heterocycles. The molecule has 0 aliphatic carbocycles. The maximum Gasteiger partial charge on any atom is 0.0551 e. The van der Waals surface area contributed by atoms with E-state index in [1.165, 1.54) is 0 Å². The summed E-state index contributed by atoms with van der Waals surface area (Å²) in [6.45, 7) is 0. The van der Waals surface area contributed by atoms with Gasteiger partial charge in [0.2, 0.25) is 0 Å². The van der Waals surface area contributed by atoms with Gasteiger partial charge in [0.15, 0.2) is 0 Å². The van der Waals surface area contributed by atoms with Gasteiger partial charge in [0.1, 0.15) is 0 Å². The van der Waals surface area contributed by atoms with Gasteiger partial charge in [-0.3, -0.25) is 4.98 Å². The fourth-order valence-electron chi connectivity index (χ4n) is 1.63. The monoisotopic (exact) mass is 310 g/mol. The minimum absolute atomic E-state index is 0.0650. The molecule has 1 atom stereocenters. The summed E-state index contributed by atoms with van der Waals surface area (Å²) in [5, 5.41) is 0.684. The molecule has 0 aliphatic rings. The Bertz CT molecular complexity index is 502.